The lowest BCUT2D eigenvalue weighted by Crippen LogP contribution is -2.14. The molecular formula is C14H13BrClNO2S. The molecule has 0 spiro atoms. The quantitative estimate of drug-likeness (QED) is 0.858. The number of rotatable bonds is 3. The van der Waals surface area contributed by atoms with Gasteiger partial charge in [0, 0.05) is 4.47 Å². The number of anilines is 1. The summed E-state index contributed by atoms with van der Waals surface area (Å²) >= 11 is 9.25. The SMILES string of the molecule is Cc1ccc(NS(=O)(=O)c2ccc(Br)cc2Cl)c(C)c1. The van der Waals surface area contributed by atoms with Gasteiger partial charge in [0.25, 0.3) is 10.0 Å². The van der Waals surface area contributed by atoms with Crippen molar-refractivity contribution in [1.29, 1.82) is 0 Å². The number of hydrogen-bond acceptors (Lipinski definition) is 2. The Bertz CT molecular complexity index is 760. The zero-order chi connectivity index (χ0) is 14.9. The molecule has 0 aliphatic carbocycles. The second kappa shape index (κ2) is 5.76. The lowest BCUT2D eigenvalue weighted by molar-refractivity contribution is 0.601. The second-order valence-corrected chi connectivity index (χ2v) is 7.47. The van der Waals surface area contributed by atoms with Crippen LogP contribution < -0.4 is 4.72 Å². The Balaban J connectivity index is 2.41. The van der Waals surface area contributed by atoms with E-state index in [-0.39, 0.29) is 9.92 Å². The maximum atomic E-state index is 12.4. The summed E-state index contributed by atoms with van der Waals surface area (Å²) < 4.78 is 28.0. The first-order valence-corrected chi connectivity index (χ1v) is 8.50. The Hall–Kier alpha value is -1.04. The molecule has 1 N–H and O–H groups in total. The van der Waals surface area contributed by atoms with Crippen LogP contribution in [-0.2, 0) is 10.0 Å². The van der Waals surface area contributed by atoms with Crippen LogP contribution in [0.25, 0.3) is 0 Å². The molecule has 0 aromatic heterocycles. The highest BCUT2D eigenvalue weighted by Gasteiger charge is 2.18. The van der Waals surface area contributed by atoms with Gasteiger partial charge in [0.1, 0.15) is 4.90 Å². The second-order valence-electron chi connectivity index (χ2n) is 4.50. The van der Waals surface area contributed by atoms with E-state index in [0.29, 0.717) is 5.69 Å². The summed E-state index contributed by atoms with van der Waals surface area (Å²) in [5.74, 6) is 0. The zero-order valence-corrected chi connectivity index (χ0v) is 14.1. The van der Waals surface area contributed by atoms with Crippen LogP contribution in [0, 0.1) is 13.8 Å². The van der Waals surface area contributed by atoms with Crippen LogP contribution in [0.5, 0.6) is 0 Å². The number of sulfonamides is 1. The summed E-state index contributed by atoms with van der Waals surface area (Å²) in [7, 11) is -3.70. The topological polar surface area (TPSA) is 46.2 Å². The first kappa shape index (κ1) is 15.4. The molecule has 2 aromatic carbocycles. The van der Waals surface area contributed by atoms with E-state index in [4.69, 9.17) is 11.6 Å². The van der Waals surface area contributed by atoms with Gasteiger partial charge in [0.2, 0.25) is 0 Å². The van der Waals surface area contributed by atoms with Crippen LogP contribution in [0.3, 0.4) is 0 Å². The Morgan fingerprint density at radius 3 is 2.40 bits per heavy atom. The summed E-state index contributed by atoms with van der Waals surface area (Å²) in [5.41, 5.74) is 2.49. The molecule has 20 heavy (non-hydrogen) atoms. The van der Waals surface area contributed by atoms with Gasteiger partial charge in [0.15, 0.2) is 0 Å². The third kappa shape index (κ3) is 3.34. The van der Waals surface area contributed by atoms with Crippen molar-refractivity contribution >= 4 is 43.2 Å². The Kier molecular flexibility index (Phi) is 4.42. The molecule has 0 saturated carbocycles. The van der Waals surface area contributed by atoms with Crippen molar-refractivity contribution in [3.8, 4) is 0 Å². The highest BCUT2D eigenvalue weighted by Crippen LogP contribution is 2.27. The van der Waals surface area contributed by atoms with E-state index in [9.17, 15) is 8.42 Å². The largest absolute Gasteiger partial charge is 0.279 e. The van der Waals surface area contributed by atoms with E-state index in [1.165, 1.54) is 6.07 Å². The molecule has 0 bridgehead atoms. The fourth-order valence-corrected chi connectivity index (χ4v) is 3.99. The molecule has 0 aliphatic rings. The van der Waals surface area contributed by atoms with Crippen molar-refractivity contribution in [2.75, 3.05) is 4.72 Å². The fraction of sp³-hybridized carbons (Fsp3) is 0.143. The van der Waals surface area contributed by atoms with Gasteiger partial charge in [-0.1, -0.05) is 45.2 Å². The van der Waals surface area contributed by atoms with Crippen molar-refractivity contribution in [2.24, 2.45) is 0 Å². The van der Waals surface area contributed by atoms with Crippen molar-refractivity contribution in [1.82, 2.24) is 0 Å². The van der Waals surface area contributed by atoms with Gasteiger partial charge in [0.05, 0.1) is 10.7 Å². The van der Waals surface area contributed by atoms with Crippen LogP contribution in [-0.4, -0.2) is 8.42 Å². The molecule has 2 rings (SSSR count). The minimum absolute atomic E-state index is 0.0577. The molecule has 0 heterocycles. The van der Waals surface area contributed by atoms with Gasteiger partial charge in [-0.2, -0.15) is 0 Å². The van der Waals surface area contributed by atoms with Crippen molar-refractivity contribution in [2.45, 2.75) is 18.7 Å². The lowest BCUT2D eigenvalue weighted by Gasteiger charge is -2.12. The summed E-state index contributed by atoms with van der Waals surface area (Å²) in [6.45, 7) is 3.81. The van der Waals surface area contributed by atoms with Gasteiger partial charge in [-0.05, 0) is 43.7 Å². The Labute approximate surface area is 132 Å². The normalized spacial score (nSPS) is 11.4. The molecule has 0 aliphatic heterocycles. The maximum Gasteiger partial charge on any atom is 0.263 e. The van der Waals surface area contributed by atoms with E-state index in [1.807, 2.05) is 26.0 Å². The molecule has 0 atom stereocenters. The summed E-state index contributed by atoms with van der Waals surface area (Å²) in [6.07, 6.45) is 0. The van der Waals surface area contributed by atoms with Crippen molar-refractivity contribution < 1.29 is 8.42 Å². The predicted molar refractivity (Wildman–Crippen MR) is 85.9 cm³/mol. The molecule has 106 valence electrons. The van der Waals surface area contributed by atoms with E-state index in [0.717, 1.165) is 15.6 Å². The highest BCUT2D eigenvalue weighted by molar-refractivity contribution is 9.10. The zero-order valence-electron chi connectivity index (χ0n) is 10.9. The van der Waals surface area contributed by atoms with E-state index >= 15 is 0 Å². The monoisotopic (exact) mass is 373 g/mol. The van der Waals surface area contributed by atoms with E-state index in [2.05, 4.69) is 20.7 Å². The molecule has 2 aromatic rings. The molecule has 0 unspecified atom stereocenters. The van der Waals surface area contributed by atoms with Crippen LogP contribution in [0.1, 0.15) is 11.1 Å². The standard InChI is InChI=1S/C14H13BrClNO2S/c1-9-3-5-13(10(2)7-9)17-20(18,19)14-6-4-11(15)8-12(14)16/h3-8,17H,1-2H3. The van der Waals surface area contributed by atoms with Crippen LogP contribution in [0.15, 0.2) is 45.8 Å². The average molecular weight is 375 g/mol. The maximum absolute atomic E-state index is 12.4. The first-order chi connectivity index (χ1) is 9.29. The van der Waals surface area contributed by atoms with Gasteiger partial charge in [-0.25, -0.2) is 8.42 Å². The Morgan fingerprint density at radius 1 is 1.10 bits per heavy atom. The number of nitrogens with one attached hydrogen (secondary N) is 1. The van der Waals surface area contributed by atoms with Crippen LogP contribution >= 0.6 is 27.5 Å². The molecule has 6 heteroatoms. The van der Waals surface area contributed by atoms with Gasteiger partial charge in [-0.3, -0.25) is 4.72 Å². The predicted octanol–water partition coefficient (Wildman–Crippen LogP) is 4.52. The number of halogens is 2. The van der Waals surface area contributed by atoms with E-state index < -0.39 is 10.0 Å². The van der Waals surface area contributed by atoms with Gasteiger partial charge >= 0.3 is 0 Å². The fourth-order valence-electron chi connectivity index (χ4n) is 1.82. The minimum atomic E-state index is -3.70. The number of aryl methyl sites for hydroxylation is 2. The van der Waals surface area contributed by atoms with Crippen molar-refractivity contribution in [3.63, 3.8) is 0 Å². The molecule has 0 saturated heterocycles. The number of hydrogen-bond donors (Lipinski definition) is 1. The molecule has 3 nitrogen and oxygen atoms in total. The summed E-state index contributed by atoms with van der Waals surface area (Å²) in [5, 5.41) is 0.177. The molecule has 0 radical (unpaired) electrons. The smallest absolute Gasteiger partial charge is 0.263 e. The van der Waals surface area contributed by atoms with Crippen LogP contribution in [0.4, 0.5) is 5.69 Å². The highest BCUT2D eigenvalue weighted by atomic mass is 79.9. The van der Waals surface area contributed by atoms with E-state index in [1.54, 1.807) is 18.2 Å². The molecule has 0 amide bonds. The Morgan fingerprint density at radius 2 is 1.80 bits per heavy atom. The molecular weight excluding hydrogens is 362 g/mol. The van der Waals surface area contributed by atoms with Gasteiger partial charge in [-0.15, -0.1) is 0 Å². The van der Waals surface area contributed by atoms with Crippen LogP contribution in [0.2, 0.25) is 5.02 Å². The number of benzene rings is 2. The summed E-state index contributed by atoms with van der Waals surface area (Å²) in [4.78, 5) is 0.0577. The van der Waals surface area contributed by atoms with Crippen molar-refractivity contribution in [3.05, 3.63) is 57.0 Å². The first-order valence-electron chi connectivity index (χ1n) is 5.85. The minimum Gasteiger partial charge on any atom is -0.279 e. The summed E-state index contributed by atoms with van der Waals surface area (Å²) in [6, 6.07) is 10.2. The van der Waals surface area contributed by atoms with Gasteiger partial charge < -0.3 is 0 Å². The third-order valence-corrected chi connectivity index (χ3v) is 5.15. The lowest BCUT2D eigenvalue weighted by atomic mass is 10.1. The third-order valence-electron chi connectivity index (χ3n) is 2.81. The molecule has 0 fully saturated rings. The average Bonchev–Trinajstić information content (AvgIpc) is 2.32.